The number of esters is 1. The minimum Gasteiger partial charge on any atom is -0.454 e. The molecular weight excluding hydrogens is 324 g/mol. The average Bonchev–Trinajstić information content (AvgIpc) is 2.90. The maximum absolute atomic E-state index is 12.5. The van der Waals surface area contributed by atoms with E-state index in [1.54, 1.807) is 18.3 Å². The van der Waals surface area contributed by atoms with E-state index in [9.17, 15) is 9.59 Å². The molecule has 6 heteroatoms. The Bertz CT molecular complexity index is 808. The molecule has 2 aromatic rings. The highest BCUT2D eigenvalue weighted by molar-refractivity contribution is 7.18. The van der Waals surface area contributed by atoms with Gasteiger partial charge in [0.2, 0.25) is 0 Å². The SMILES string of the molecule is CCCCC(=O)O[C@H](C)c1nc2sc3c(c2c(=O)[nH]1)CC[C@@H](C)C3. The second-order valence-electron chi connectivity index (χ2n) is 6.72. The van der Waals surface area contributed by atoms with Crippen molar-refractivity contribution in [2.45, 2.75) is 65.4 Å². The van der Waals surface area contributed by atoms with Crippen LogP contribution in [0.1, 0.15) is 68.8 Å². The number of aromatic amines is 1. The van der Waals surface area contributed by atoms with Crippen LogP contribution >= 0.6 is 11.3 Å². The van der Waals surface area contributed by atoms with Gasteiger partial charge in [0.05, 0.1) is 5.39 Å². The Hall–Kier alpha value is -1.69. The highest BCUT2D eigenvalue weighted by atomic mass is 32.1. The number of thiophene rings is 1. The molecular formula is C18H24N2O3S. The van der Waals surface area contributed by atoms with Crippen molar-refractivity contribution >= 4 is 27.5 Å². The molecule has 2 heterocycles. The van der Waals surface area contributed by atoms with Crippen molar-refractivity contribution in [2.75, 3.05) is 0 Å². The number of fused-ring (bicyclic) bond motifs is 3. The van der Waals surface area contributed by atoms with E-state index in [-0.39, 0.29) is 11.5 Å². The second kappa shape index (κ2) is 7.05. The number of aryl methyl sites for hydroxylation is 1. The van der Waals surface area contributed by atoms with Crippen molar-refractivity contribution in [3.05, 3.63) is 26.6 Å². The summed E-state index contributed by atoms with van der Waals surface area (Å²) >= 11 is 1.61. The van der Waals surface area contributed by atoms with Crippen LogP contribution in [0.25, 0.3) is 10.2 Å². The van der Waals surface area contributed by atoms with Crippen LogP contribution in [0.5, 0.6) is 0 Å². The molecule has 3 rings (SSSR count). The van der Waals surface area contributed by atoms with Gasteiger partial charge in [0.15, 0.2) is 11.9 Å². The normalized spacial score (nSPS) is 18.4. The maximum atomic E-state index is 12.5. The number of H-pyrrole nitrogens is 1. The molecule has 0 fully saturated rings. The number of hydrogen-bond donors (Lipinski definition) is 1. The molecule has 0 bridgehead atoms. The van der Waals surface area contributed by atoms with Crippen molar-refractivity contribution in [1.29, 1.82) is 0 Å². The molecule has 130 valence electrons. The summed E-state index contributed by atoms with van der Waals surface area (Å²) in [6.07, 6.45) is 4.71. The predicted molar refractivity (Wildman–Crippen MR) is 95.5 cm³/mol. The highest BCUT2D eigenvalue weighted by Crippen LogP contribution is 2.35. The summed E-state index contributed by atoms with van der Waals surface area (Å²) in [5.74, 6) is 0.845. The Morgan fingerprint density at radius 2 is 2.29 bits per heavy atom. The molecule has 1 aliphatic rings. The number of rotatable bonds is 5. The zero-order chi connectivity index (χ0) is 17.3. The minimum atomic E-state index is -0.537. The van der Waals surface area contributed by atoms with Gasteiger partial charge in [-0.25, -0.2) is 4.98 Å². The van der Waals surface area contributed by atoms with Gasteiger partial charge in [-0.05, 0) is 44.1 Å². The van der Waals surface area contributed by atoms with Gasteiger partial charge in [0.25, 0.3) is 5.56 Å². The lowest BCUT2D eigenvalue weighted by Gasteiger charge is -2.17. The van der Waals surface area contributed by atoms with E-state index in [4.69, 9.17) is 4.74 Å². The van der Waals surface area contributed by atoms with Gasteiger partial charge in [-0.2, -0.15) is 0 Å². The van der Waals surface area contributed by atoms with E-state index in [2.05, 4.69) is 16.9 Å². The van der Waals surface area contributed by atoms with Crippen molar-refractivity contribution in [1.82, 2.24) is 9.97 Å². The first kappa shape index (κ1) is 17.1. The van der Waals surface area contributed by atoms with Crippen molar-refractivity contribution < 1.29 is 9.53 Å². The summed E-state index contributed by atoms with van der Waals surface area (Å²) < 4.78 is 5.39. The topological polar surface area (TPSA) is 72.0 Å². The molecule has 5 nitrogen and oxygen atoms in total. The first-order valence-electron chi connectivity index (χ1n) is 8.73. The molecule has 1 aliphatic carbocycles. The standard InChI is InChI=1S/C18H24N2O3S/c1-4-5-6-14(21)23-11(3)16-19-17(22)15-12-8-7-10(2)9-13(12)24-18(15)20-16/h10-11H,4-9H2,1-3H3,(H,19,20,22)/t10-,11-/m1/s1. The molecule has 1 N–H and O–H groups in total. The molecule has 0 spiro atoms. The molecule has 0 aromatic carbocycles. The molecule has 0 saturated heterocycles. The number of hydrogen-bond acceptors (Lipinski definition) is 5. The maximum Gasteiger partial charge on any atom is 0.306 e. The Balaban J connectivity index is 1.88. The van der Waals surface area contributed by atoms with Crippen LogP contribution in [0.15, 0.2) is 4.79 Å². The van der Waals surface area contributed by atoms with Crippen LogP contribution in [0.4, 0.5) is 0 Å². The van der Waals surface area contributed by atoms with Gasteiger partial charge in [-0.3, -0.25) is 9.59 Å². The number of nitrogens with zero attached hydrogens (tertiary/aromatic N) is 1. The molecule has 0 saturated carbocycles. The van der Waals surface area contributed by atoms with Crippen LogP contribution in [-0.2, 0) is 22.4 Å². The summed E-state index contributed by atoms with van der Waals surface area (Å²) in [4.78, 5) is 33.8. The van der Waals surface area contributed by atoms with Crippen LogP contribution in [-0.4, -0.2) is 15.9 Å². The lowest BCUT2D eigenvalue weighted by atomic mass is 9.89. The number of unbranched alkanes of at least 4 members (excludes halogenated alkanes) is 1. The summed E-state index contributed by atoms with van der Waals surface area (Å²) in [7, 11) is 0. The molecule has 2 atom stereocenters. The Kier molecular flexibility index (Phi) is 5.04. The Labute approximate surface area is 145 Å². The van der Waals surface area contributed by atoms with Gasteiger partial charge in [-0.15, -0.1) is 11.3 Å². The minimum absolute atomic E-state index is 0.112. The van der Waals surface area contributed by atoms with E-state index in [1.807, 2.05) is 6.92 Å². The lowest BCUT2D eigenvalue weighted by molar-refractivity contribution is -0.149. The number of ether oxygens (including phenoxy) is 1. The Morgan fingerprint density at radius 3 is 3.04 bits per heavy atom. The van der Waals surface area contributed by atoms with Crippen LogP contribution in [0.3, 0.4) is 0 Å². The Morgan fingerprint density at radius 1 is 1.50 bits per heavy atom. The summed E-state index contributed by atoms with van der Waals surface area (Å²) in [6, 6.07) is 0. The lowest BCUT2D eigenvalue weighted by Crippen LogP contribution is -2.18. The monoisotopic (exact) mass is 348 g/mol. The molecule has 0 radical (unpaired) electrons. The van der Waals surface area contributed by atoms with Gasteiger partial charge in [0, 0.05) is 11.3 Å². The third-order valence-corrected chi connectivity index (χ3v) is 5.76. The van der Waals surface area contributed by atoms with E-state index < -0.39 is 6.10 Å². The van der Waals surface area contributed by atoms with Crippen LogP contribution in [0.2, 0.25) is 0 Å². The van der Waals surface area contributed by atoms with Gasteiger partial charge < -0.3 is 9.72 Å². The third-order valence-electron chi connectivity index (χ3n) is 4.61. The van der Waals surface area contributed by atoms with E-state index in [0.29, 0.717) is 18.2 Å². The largest absolute Gasteiger partial charge is 0.454 e. The van der Waals surface area contributed by atoms with Crippen LogP contribution in [0, 0.1) is 5.92 Å². The summed E-state index contributed by atoms with van der Waals surface area (Å²) in [6.45, 7) is 6.03. The van der Waals surface area contributed by atoms with Crippen molar-refractivity contribution in [3.63, 3.8) is 0 Å². The smallest absolute Gasteiger partial charge is 0.306 e. The molecule has 24 heavy (non-hydrogen) atoms. The van der Waals surface area contributed by atoms with Crippen LogP contribution < -0.4 is 5.56 Å². The zero-order valence-corrected chi connectivity index (χ0v) is 15.3. The number of carbonyl (C=O) groups excluding carboxylic acids is 1. The quantitative estimate of drug-likeness (QED) is 0.832. The fourth-order valence-corrected chi connectivity index (χ4v) is 4.58. The summed E-state index contributed by atoms with van der Waals surface area (Å²) in [5.41, 5.74) is 1.06. The van der Waals surface area contributed by atoms with Crippen molar-refractivity contribution in [2.24, 2.45) is 5.92 Å². The number of carbonyl (C=O) groups is 1. The first-order chi connectivity index (χ1) is 11.5. The van der Waals surface area contributed by atoms with Gasteiger partial charge >= 0.3 is 5.97 Å². The van der Waals surface area contributed by atoms with E-state index in [1.165, 1.54) is 10.4 Å². The van der Waals surface area contributed by atoms with Crippen molar-refractivity contribution in [3.8, 4) is 0 Å². The van der Waals surface area contributed by atoms with Gasteiger partial charge in [0.1, 0.15) is 4.83 Å². The highest BCUT2D eigenvalue weighted by Gasteiger charge is 2.24. The zero-order valence-electron chi connectivity index (χ0n) is 14.5. The average molecular weight is 348 g/mol. The fourth-order valence-electron chi connectivity index (χ4n) is 3.19. The first-order valence-corrected chi connectivity index (χ1v) is 9.55. The molecule has 0 amide bonds. The summed E-state index contributed by atoms with van der Waals surface area (Å²) in [5, 5.41) is 0.732. The van der Waals surface area contributed by atoms with Gasteiger partial charge in [-0.1, -0.05) is 20.3 Å². The molecule has 2 aromatic heterocycles. The predicted octanol–water partition coefficient (Wildman–Crippen LogP) is 3.90. The second-order valence-corrected chi connectivity index (χ2v) is 7.80. The fraction of sp³-hybridized carbons (Fsp3) is 0.611. The van der Waals surface area contributed by atoms with E-state index in [0.717, 1.165) is 42.3 Å². The number of aromatic nitrogens is 2. The number of nitrogens with one attached hydrogen (secondary N) is 1. The third kappa shape index (κ3) is 3.38. The molecule has 0 unspecified atom stereocenters. The van der Waals surface area contributed by atoms with E-state index >= 15 is 0 Å². The molecule has 0 aliphatic heterocycles.